The van der Waals surface area contributed by atoms with Crippen LogP contribution in [0.25, 0.3) is 11.2 Å². The number of hydrogen-bond acceptors (Lipinski definition) is 5. The second-order valence-corrected chi connectivity index (χ2v) is 7.64. The number of nitrogens with zero attached hydrogens (tertiary/aromatic N) is 4. The van der Waals surface area contributed by atoms with Gasteiger partial charge in [0, 0.05) is 24.0 Å². The molecule has 0 spiro atoms. The lowest BCUT2D eigenvalue weighted by molar-refractivity contribution is -0.121. The Bertz CT molecular complexity index is 1360. The SMILES string of the molecule is O=C(Cn1c(=O)n(Cc2ccccc2)c(=O)c2nccnc21)NCCc1ccc(Cl)cc1. The Morgan fingerprint density at radius 2 is 1.62 bits per heavy atom. The summed E-state index contributed by atoms with van der Waals surface area (Å²) < 4.78 is 2.26. The van der Waals surface area contributed by atoms with Crippen LogP contribution in [0.15, 0.2) is 76.6 Å². The maximum Gasteiger partial charge on any atom is 0.333 e. The fourth-order valence-electron chi connectivity index (χ4n) is 3.37. The van der Waals surface area contributed by atoms with Gasteiger partial charge in [0.05, 0.1) is 6.54 Å². The molecule has 0 aliphatic rings. The summed E-state index contributed by atoms with van der Waals surface area (Å²) in [6.45, 7) is 0.190. The van der Waals surface area contributed by atoms with Crippen LogP contribution in [0.5, 0.6) is 0 Å². The van der Waals surface area contributed by atoms with E-state index in [1.54, 1.807) is 12.1 Å². The molecule has 0 bridgehead atoms. The standard InChI is InChI=1S/C23H20ClN5O3/c24-18-8-6-16(7-9-18)10-11-25-19(30)15-28-21-20(26-12-13-27-21)22(31)29(23(28)32)14-17-4-2-1-3-5-17/h1-9,12-13H,10-11,14-15H2,(H,25,30). The first kappa shape index (κ1) is 21.5. The molecular formula is C23H20ClN5O3. The number of halogens is 1. The maximum atomic E-state index is 13.1. The van der Waals surface area contributed by atoms with Gasteiger partial charge in [-0.25, -0.2) is 14.8 Å². The summed E-state index contributed by atoms with van der Waals surface area (Å²) in [5.74, 6) is -0.363. The molecule has 162 valence electrons. The highest BCUT2D eigenvalue weighted by molar-refractivity contribution is 6.30. The van der Waals surface area contributed by atoms with Crippen molar-refractivity contribution >= 4 is 28.7 Å². The highest BCUT2D eigenvalue weighted by Gasteiger charge is 2.17. The number of nitrogens with one attached hydrogen (secondary N) is 1. The first-order valence-corrected chi connectivity index (χ1v) is 10.4. The molecule has 0 atom stereocenters. The summed E-state index contributed by atoms with van der Waals surface area (Å²) in [6, 6.07) is 16.5. The van der Waals surface area contributed by atoms with E-state index in [0.717, 1.165) is 15.7 Å². The van der Waals surface area contributed by atoms with E-state index in [1.807, 2.05) is 42.5 Å². The lowest BCUT2D eigenvalue weighted by Gasteiger charge is -2.13. The van der Waals surface area contributed by atoms with Gasteiger partial charge in [-0.3, -0.25) is 18.7 Å². The van der Waals surface area contributed by atoms with E-state index < -0.39 is 11.2 Å². The Labute approximate surface area is 188 Å². The van der Waals surface area contributed by atoms with Crippen LogP contribution in [0.3, 0.4) is 0 Å². The molecule has 9 heteroatoms. The predicted molar refractivity (Wildman–Crippen MR) is 122 cm³/mol. The van der Waals surface area contributed by atoms with E-state index in [4.69, 9.17) is 11.6 Å². The molecule has 4 aromatic rings. The molecule has 0 aliphatic carbocycles. The summed E-state index contributed by atoms with van der Waals surface area (Å²) in [4.78, 5) is 46.8. The molecule has 0 saturated carbocycles. The highest BCUT2D eigenvalue weighted by atomic mass is 35.5. The molecule has 1 amide bonds. The summed E-state index contributed by atoms with van der Waals surface area (Å²) >= 11 is 5.89. The van der Waals surface area contributed by atoms with Gasteiger partial charge in [-0.05, 0) is 29.7 Å². The summed E-state index contributed by atoms with van der Waals surface area (Å²) in [5, 5.41) is 3.45. The Hall–Kier alpha value is -3.78. The molecule has 32 heavy (non-hydrogen) atoms. The van der Waals surface area contributed by atoms with Gasteiger partial charge in [0.2, 0.25) is 5.91 Å². The quantitative estimate of drug-likeness (QED) is 0.465. The molecule has 2 heterocycles. The first-order chi connectivity index (χ1) is 15.5. The van der Waals surface area contributed by atoms with Crippen molar-refractivity contribution in [2.24, 2.45) is 0 Å². The zero-order valence-corrected chi connectivity index (χ0v) is 17.8. The van der Waals surface area contributed by atoms with E-state index in [9.17, 15) is 14.4 Å². The van der Waals surface area contributed by atoms with Crippen molar-refractivity contribution in [3.8, 4) is 0 Å². The molecule has 2 aromatic carbocycles. The second-order valence-electron chi connectivity index (χ2n) is 7.20. The number of fused-ring (bicyclic) bond motifs is 1. The molecule has 0 aliphatic heterocycles. The molecule has 0 unspecified atom stereocenters. The first-order valence-electron chi connectivity index (χ1n) is 10.0. The predicted octanol–water partition coefficient (Wildman–Crippen LogP) is 2.01. The van der Waals surface area contributed by atoms with Crippen molar-refractivity contribution in [3.63, 3.8) is 0 Å². The Morgan fingerprint density at radius 3 is 2.38 bits per heavy atom. The summed E-state index contributed by atoms with van der Waals surface area (Å²) in [7, 11) is 0. The minimum atomic E-state index is -0.611. The van der Waals surface area contributed by atoms with Gasteiger partial charge in [0.1, 0.15) is 6.54 Å². The molecule has 8 nitrogen and oxygen atoms in total. The minimum Gasteiger partial charge on any atom is -0.354 e. The number of carbonyl (C=O) groups is 1. The second kappa shape index (κ2) is 9.57. The number of benzene rings is 2. The number of amides is 1. The van der Waals surface area contributed by atoms with Crippen molar-refractivity contribution < 1.29 is 4.79 Å². The van der Waals surface area contributed by atoms with Crippen LogP contribution in [0, 0.1) is 0 Å². The average Bonchev–Trinajstić information content (AvgIpc) is 2.81. The Kier molecular flexibility index (Phi) is 6.42. The fourth-order valence-corrected chi connectivity index (χ4v) is 3.50. The maximum absolute atomic E-state index is 13.1. The molecule has 0 radical (unpaired) electrons. The molecule has 2 aromatic heterocycles. The van der Waals surface area contributed by atoms with Crippen LogP contribution in [0.2, 0.25) is 5.02 Å². The molecule has 1 N–H and O–H groups in total. The van der Waals surface area contributed by atoms with Gasteiger partial charge in [0.25, 0.3) is 5.56 Å². The summed E-state index contributed by atoms with van der Waals surface area (Å²) in [5.41, 5.74) is 0.784. The fraction of sp³-hybridized carbons (Fsp3) is 0.174. The van der Waals surface area contributed by atoms with Gasteiger partial charge in [-0.1, -0.05) is 54.1 Å². The monoisotopic (exact) mass is 449 g/mol. The van der Waals surface area contributed by atoms with Crippen LogP contribution in [0.4, 0.5) is 0 Å². The van der Waals surface area contributed by atoms with Crippen LogP contribution in [-0.4, -0.2) is 31.6 Å². The number of aromatic nitrogens is 4. The van der Waals surface area contributed by atoms with Crippen molar-refractivity contribution in [3.05, 3.63) is 104 Å². The smallest absolute Gasteiger partial charge is 0.333 e. The number of carbonyl (C=O) groups excluding carboxylic acids is 1. The van der Waals surface area contributed by atoms with Crippen LogP contribution in [0.1, 0.15) is 11.1 Å². The van der Waals surface area contributed by atoms with E-state index in [2.05, 4.69) is 15.3 Å². The third-order valence-corrected chi connectivity index (χ3v) is 5.23. The molecule has 4 rings (SSSR count). The van der Waals surface area contributed by atoms with E-state index >= 15 is 0 Å². The zero-order valence-electron chi connectivity index (χ0n) is 17.1. The zero-order chi connectivity index (χ0) is 22.5. The summed E-state index contributed by atoms with van der Waals surface area (Å²) in [6.07, 6.45) is 3.39. The minimum absolute atomic E-state index is 0.0389. The highest BCUT2D eigenvalue weighted by Crippen LogP contribution is 2.09. The molecule has 0 fully saturated rings. The van der Waals surface area contributed by atoms with Crippen LogP contribution < -0.4 is 16.6 Å². The lowest BCUT2D eigenvalue weighted by Crippen LogP contribution is -2.43. The third-order valence-electron chi connectivity index (χ3n) is 4.98. The van der Waals surface area contributed by atoms with E-state index in [0.29, 0.717) is 18.0 Å². The largest absolute Gasteiger partial charge is 0.354 e. The van der Waals surface area contributed by atoms with Gasteiger partial charge in [-0.2, -0.15) is 0 Å². The normalized spacial score (nSPS) is 10.9. The number of hydrogen-bond donors (Lipinski definition) is 1. The van der Waals surface area contributed by atoms with Crippen molar-refractivity contribution in [1.29, 1.82) is 0 Å². The Morgan fingerprint density at radius 1 is 0.906 bits per heavy atom. The van der Waals surface area contributed by atoms with Gasteiger partial charge in [-0.15, -0.1) is 0 Å². The van der Waals surface area contributed by atoms with Gasteiger partial charge < -0.3 is 5.32 Å². The van der Waals surface area contributed by atoms with Crippen LogP contribution >= 0.6 is 11.6 Å². The van der Waals surface area contributed by atoms with Crippen LogP contribution in [-0.2, 0) is 24.3 Å². The molecular weight excluding hydrogens is 430 g/mol. The van der Waals surface area contributed by atoms with Crippen molar-refractivity contribution in [1.82, 2.24) is 24.4 Å². The lowest BCUT2D eigenvalue weighted by atomic mass is 10.1. The van der Waals surface area contributed by atoms with E-state index in [1.165, 1.54) is 17.0 Å². The van der Waals surface area contributed by atoms with Crippen molar-refractivity contribution in [2.75, 3.05) is 6.54 Å². The Balaban J connectivity index is 1.58. The topological polar surface area (TPSA) is 98.9 Å². The average molecular weight is 450 g/mol. The van der Waals surface area contributed by atoms with Crippen molar-refractivity contribution in [2.45, 2.75) is 19.5 Å². The van der Waals surface area contributed by atoms with Gasteiger partial charge in [0.15, 0.2) is 11.2 Å². The third kappa shape index (κ3) is 4.76. The van der Waals surface area contributed by atoms with E-state index in [-0.39, 0.29) is 30.2 Å². The van der Waals surface area contributed by atoms with Gasteiger partial charge >= 0.3 is 5.69 Å². The number of rotatable bonds is 7. The molecule has 0 saturated heterocycles.